The van der Waals surface area contributed by atoms with Crippen LogP contribution in [0.1, 0.15) is 27.0 Å². The monoisotopic (exact) mass is 464 g/mol. The van der Waals surface area contributed by atoms with Crippen LogP contribution in [-0.2, 0) is 16.6 Å². The van der Waals surface area contributed by atoms with Gasteiger partial charge in [-0.2, -0.15) is 0 Å². The lowest BCUT2D eigenvalue weighted by atomic mass is 10.1. The Bertz CT molecular complexity index is 1230. The SMILES string of the molecule is C=CCOc1cccc(NC(=O)c2ccc(CN(c3c(C)cccc3C)S(C)(=O)=O)cc2)c1. The van der Waals surface area contributed by atoms with Crippen molar-refractivity contribution in [2.45, 2.75) is 20.4 Å². The molecule has 0 unspecified atom stereocenters. The molecule has 0 aromatic heterocycles. The van der Waals surface area contributed by atoms with Crippen molar-refractivity contribution in [1.29, 1.82) is 0 Å². The minimum atomic E-state index is -3.50. The number of sulfonamides is 1. The average molecular weight is 465 g/mol. The summed E-state index contributed by atoms with van der Waals surface area (Å²) in [5.41, 5.74) is 4.31. The number of ether oxygens (including phenoxy) is 1. The summed E-state index contributed by atoms with van der Waals surface area (Å²) < 4.78 is 32.0. The Hall–Kier alpha value is -3.58. The minimum Gasteiger partial charge on any atom is -0.489 e. The van der Waals surface area contributed by atoms with Crippen molar-refractivity contribution in [2.75, 3.05) is 22.5 Å². The molecule has 0 bridgehead atoms. The molecule has 1 amide bonds. The molecule has 172 valence electrons. The maximum Gasteiger partial charge on any atom is 0.255 e. The van der Waals surface area contributed by atoms with Crippen molar-refractivity contribution >= 4 is 27.3 Å². The third-order valence-corrected chi connectivity index (χ3v) is 6.20. The quantitative estimate of drug-likeness (QED) is 0.448. The Morgan fingerprint density at radius 2 is 1.67 bits per heavy atom. The van der Waals surface area contributed by atoms with Crippen LogP contribution < -0.4 is 14.4 Å². The normalized spacial score (nSPS) is 11.0. The molecule has 7 heteroatoms. The summed E-state index contributed by atoms with van der Waals surface area (Å²) in [4.78, 5) is 12.7. The van der Waals surface area contributed by atoms with E-state index in [9.17, 15) is 13.2 Å². The summed E-state index contributed by atoms with van der Waals surface area (Å²) in [6, 6.07) is 19.7. The standard InChI is InChI=1S/C26H28N2O4S/c1-5-16-32-24-11-7-10-23(17-24)27-26(29)22-14-12-21(13-15-22)18-28(33(4,30)31)25-19(2)8-6-9-20(25)3/h5-15,17H,1,16,18H2,2-4H3,(H,27,29). The Morgan fingerprint density at radius 3 is 2.27 bits per heavy atom. The summed E-state index contributed by atoms with van der Waals surface area (Å²) in [5, 5.41) is 2.85. The second-order valence-corrected chi connectivity index (χ2v) is 9.70. The van der Waals surface area contributed by atoms with Crippen molar-refractivity contribution in [2.24, 2.45) is 0 Å². The number of benzene rings is 3. The number of para-hydroxylation sites is 1. The van der Waals surface area contributed by atoms with Crippen LogP contribution in [0.25, 0.3) is 0 Å². The molecule has 3 rings (SSSR count). The molecule has 3 aromatic carbocycles. The lowest BCUT2D eigenvalue weighted by molar-refractivity contribution is 0.102. The first kappa shape index (κ1) is 24.1. The molecule has 0 heterocycles. The zero-order valence-corrected chi connectivity index (χ0v) is 19.9. The highest BCUT2D eigenvalue weighted by Gasteiger charge is 2.21. The fourth-order valence-corrected chi connectivity index (χ4v) is 4.51. The molecule has 3 aromatic rings. The van der Waals surface area contributed by atoms with Crippen LogP contribution in [0.2, 0.25) is 0 Å². The van der Waals surface area contributed by atoms with E-state index in [-0.39, 0.29) is 12.5 Å². The molecule has 0 fully saturated rings. The zero-order valence-electron chi connectivity index (χ0n) is 19.0. The summed E-state index contributed by atoms with van der Waals surface area (Å²) in [7, 11) is -3.50. The highest BCUT2D eigenvalue weighted by Crippen LogP contribution is 2.28. The molecule has 0 atom stereocenters. The van der Waals surface area contributed by atoms with Gasteiger partial charge in [-0.25, -0.2) is 8.42 Å². The van der Waals surface area contributed by atoms with Gasteiger partial charge in [0.2, 0.25) is 10.0 Å². The molecule has 0 saturated carbocycles. The number of rotatable bonds is 9. The molecule has 0 aliphatic heterocycles. The van der Waals surface area contributed by atoms with Crippen LogP contribution in [0.3, 0.4) is 0 Å². The van der Waals surface area contributed by atoms with Gasteiger partial charge < -0.3 is 10.1 Å². The number of nitrogens with one attached hydrogen (secondary N) is 1. The van der Waals surface area contributed by atoms with Crippen LogP contribution in [0, 0.1) is 13.8 Å². The Morgan fingerprint density at radius 1 is 1.03 bits per heavy atom. The van der Waals surface area contributed by atoms with E-state index in [4.69, 9.17) is 4.74 Å². The summed E-state index contributed by atoms with van der Waals surface area (Å²) >= 11 is 0. The van der Waals surface area contributed by atoms with Crippen molar-refractivity contribution in [3.05, 3.63) is 102 Å². The number of anilines is 2. The van der Waals surface area contributed by atoms with Crippen LogP contribution in [-0.4, -0.2) is 27.2 Å². The van der Waals surface area contributed by atoms with E-state index in [0.717, 1.165) is 16.7 Å². The highest BCUT2D eigenvalue weighted by molar-refractivity contribution is 7.92. The molecular formula is C26H28N2O4S. The molecule has 33 heavy (non-hydrogen) atoms. The van der Waals surface area contributed by atoms with Gasteiger partial charge in [-0.05, 0) is 54.8 Å². The number of carbonyl (C=O) groups excluding carboxylic acids is 1. The molecule has 6 nitrogen and oxygen atoms in total. The topological polar surface area (TPSA) is 75.7 Å². The summed E-state index contributed by atoms with van der Waals surface area (Å²) in [6.45, 7) is 7.96. The predicted octanol–water partition coefficient (Wildman–Crippen LogP) is 5.09. The van der Waals surface area contributed by atoms with Crippen molar-refractivity contribution in [3.63, 3.8) is 0 Å². The third-order valence-electron chi connectivity index (χ3n) is 5.09. The fourth-order valence-electron chi connectivity index (χ4n) is 3.51. The second-order valence-electron chi connectivity index (χ2n) is 7.79. The largest absolute Gasteiger partial charge is 0.489 e. The molecule has 0 saturated heterocycles. The Kier molecular flexibility index (Phi) is 7.55. The number of hydrogen-bond acceptors (Lipinski definition) is 4. The van der Waals surface area contributed by atoms with E-state index >= 15 is 0 Å². The van der Waals surface area contributed by atoms with Gasteiger partial charge in [0, 0.05) is 17.3 Å². The second kappa shape index (κ2) is 10.4. The van der Waals surface area contributed by atoms with Gasteiger partial charge in [0.05, 0.1) is 18.5 Å². The number of amides is 1. The van der Waals surface area contributed by atoms with E-state index < -0.39 is 10.0 Å². The first-order valence-electron chi connectivity index (χ1n) is 10.5. The highest BCUT2D eigenvalue weighted by atomic mass is 32.2. The van der Waals surface area contributed by atoms with E-state index in [1.807, 2.05) is 32.0 Å². The first-order chi connectivity index (χ1) is 15.7. The summed E-state index contributed by atoms with van der Waals surface area (Å²) in [6.07, 6.45) is 2.85. The predicted molar refractivity (Wildman–Crippen MR) is 133 cm³/mol. The van der Waals surface area contributed by atoms with Crippen LogP contribution in [0.15, 0.2) is 79.4 Å². The molecule has 0 radical (unpaired) electrons. The van der Waals surface area contributed by atoms with Crippen LogP contribution >= 0.6 is 0 Å². The summed E-state index contributed by atoms with van der Waals surface area (Å²) in [5.74, 6) is 0.368. The van der Waals surface area contributed by atoms with Gasteiger partial charge in [0.25, 0.3) is 5.91 Å². The average Bonchev–Trinajstić information content (AvgIpc) is 2.77. The van der Waals surface area contributed by atoms with E-state index in [2.05, 4.69) is 11.9 Å². The van der Waals surface area contributed by atoms with Gasteiger partial charge in [0.1, 0.15) is 12.4 Å². The van der Waals surface area contributed by atoms with E-state index in [1.54, 1.807) is 54.6 Å². The number of nitrogens with zero attached hydrogens (tertiary/aromatic N) is 1. The minimum absolute atomic E-state index is 0.176. The van der Waals surface area contributed by atoms with Gasteiger partial charge in [-0.1, -0.05) is 49.1 Å². The smallest absolute Gasteiger partial charge is 0.255 e. The van der Waals surface area contributed by atoms with E-state index in [0.29, 0.717) is 29.3 Å². The van der Waals surface area contributed by atoms with Crippen molar-refractivity contribution in [1.82, 2.24) is 0 Å². The maximum absolute atomic E-state index is 12.7. The maximum atomic E-state index is 12.7. The van der Waals surface area contributed by atoms with Gasteiger partial charge >= 0.3 is 0 Å². The molecular weight excluding hydrogens is 436 g/mol. The van der Waals surface area contributed by atoms with Crippen molar-refractivity contribution in [3.8, 4) is 5.75 Å². The first-order valence-corrected chi connectivity index (χ1v) is 12.3. The molecule has 0 aliphatic carbocycles. The van der Waals surface area contributed by atoms with Gasteiger partial charge in [-0.15, -0.1) is 0 Å². The molecule has 0 aliphatic rings. The Labute approximate surface area is 195 Å². The van der Waals surface area contributed by atoms with Gasteiger partial charge in [0.15, 0.2) is 0 Å². The lowest BCUT2D eigenvalue weighted by Crippen LogP contribution is -2.30. The lowest BCUT2D eigenvalue weighted by Gasteiger charge is -2.26. The third kappa shape index (κ3) is 6.23. The van der Waals surface area contributed by atoms with Gasteiger partial charge in [-0.3, -0.25) is 9.10 Å². The van der Waals surface area contributed by atoms with Crippen molar-refractivity contribution < 1.29 is 17.9 Å². The van der Waals surface area contributed by atoms with Crippen LogP contribution in [0.4, 0.5) is 11.4 Å². The number of hydrogen-bond donors (Lipinski definition) is 1. The Balaban J connectivity index is 1.76. The number of aryl methyl sites for hydroxylation is 2. The molecule has 1 N–H and O–H groups in total. The van der Waals surface area contributed by atoms with E-state index in [1.165, 1.54) is 10.6 Å². The molecule has 0 spiro atoms. The number of carbonyl (C=O) groups is 1. The fraction of sp³-hybridized carbons (Fsp3) is 0.192. The van der Waals surface area contributed by atoms with Crippen LogP contribution in [0.5, 0.6) is 5.75 Å². The zero-order chi connectivity index (χ0) is 24.0.